The van der Waals surface area contributed by atoms with Gasteiger partial charge in [0.05, 0.1) is 0 Å². The third-order valence-electron chi connectivity index (χ3n) is 1.53. The molecule has 0 aliphatic heterocycles. The summed E-state index contributed by atoms with van der Waals surface area (Å²) in [7, 11) is 0. The normalized spacial score (nSPS) is 11.7. The standard InChI is InChI=1S/C10H18N2S2/c1-5-11-9-12-6-8(14-9)7-13-10(2,3)4/h6H,5,7H2,1-4H3,(H,11,12). The predicted octanol–water partition coefficient (Wildman–Crippen LogP) is 3.61. The van der Waals surface area contributed by atoms with Gasteiger partial charge in [-0.3, -0.25) is 0 Å². The predicted molar refractivity (Wildman–Crippen MR) is 67.3 cm³/mol. The van der Waals surface area contributed by atoms with Crippen molar-refractivity contribution in [3.05, 3.63) is 11.1 Å². The van der Waals surface area contributed by atoms with E-state index in [-0.39, 0.29) is 0 Å². The number of nitrogens with zero attached hydrogens (tertiary/aromatic N) is 1. The fourth-order valence-corrected chi connectivity index (χ4v) is 2.63. The molecule has 0 atom stereocenters. The van der Waals surface area contributed by atoms with Crippen LogP contribution >= 0.6 is 23.1 Å². The fourth-order valence-electron chi connectivity index (χ4n) is 0.895. The Morgan fingerprint density at radius 3 is 2.79 bits per heavy atom. The largest absolute Gasteiger partial charge is 0.362 e. The van der Waals surface area contributed by atoms with Crippen LogP contribution in [0.2, 0.25) is 0 Å². The highest BCUT2D eigenvalue weighted by atomic mass is 32.2. The highest BCUT2D eigenvalue weighted by Crippen LogP contribution is 2.30. The van der Waals surface area contributed by atoms with Gasteiger partial charge in [0.25, 0.3) is 0 Å². The van der Waals surface area contributed by atoms with Gasteiger partial charge in [0.15, 0.2) is 5.13 Å². The molecule has 4 heteroatoms. The molecule has 1 aromatic heterocycles. The van der Waals surface area contributed by atoms with Crippen molar-refractivity contribution in [3.63, 3.8) is 0 Å². The van der Waals surface area contributed by atoms with Crippen molar-refractivity contribution >= 4 is 28.2 Å². The molecular weight excluding hydrogens is 212 g/mol. The first-order valence-corrected chi connectivity index (χ1v) is 6.64. The lowest BCUT2D eigenvalue weighted by molar-refractivity contribution is 0.802. The maximum atomic E-state index is 4.30. The Bertz CT molecular complexity index is 276. The summed E-state index contributed by atoms with van der Waals surface area (Å²) in [5.41, 5.74) is 0. The minimum absolute atomic E-state index is 0.336. The average Bonchev–Trinajstić information content (AvgIpc) is 2.49. The van der Waals surface area contributed by atoms with Crippen molar-refractivity contribution in [1.82, 2.24) is 4.98 Å². The Labute approximate surface area is 94.5 Å². The van der Waals surface area contributed by atoms with E-state index >= 15 is 0 Å². The van der Waals surface area contributed by atoms with Gasteiger partial charge in [-0.25, -0.2) is 4.98 Å². The molecule has 0 aliphatic rings. The van der Waals surface area contributed by atoms with E-state index in [0.717, 1.165) is 17.4 Å². The molecule has 2 nitrogen and oxygen atoms in total. The molecule has 0 saturated carbocycles. The van der Waals surface area contributed by atoms with Gasteiger partial charge < -0.3 is 5.32 Å². The van der Waals surface area contributed by atoms with E-state index in [1.54, 1.807) is 11.3 Å². The van der Waals surface area contributed by atoms with Crippen molar-refractivity contribution < 1.29 is 0 Å². The van der Waals surface area contributed by atoms with Gasteiger partial charge in [-0.2, -0.15) is 11.8 Å². The molecule has 14 heavy (non-hydrogen) atoms. The van der Waals surface area contributed by atoms with Crippen molar-refractivity contribution in [2.75, 3.05) is 11.9 Å². The second-order valence-corrected chi connectivity index (χ2v) is 6.98. The molecule has 0 aliphatic carbocycles. The molecule has 0 spiro atoms. The fraction of sp³-hybridized carbons (Fsp3) is 0.700. The number of aromatic nitrogens is 1. The average molecular weight is 230 g/mol. The van der Waals surface area contributed by atoms with Crippen molar-refractivity contribution in [3.8, 4) is 0 Å². The molecule has 0 saturated heterocycles. The Kier molecular flexibility index (Phi) is 4.26. The van der Waals surface area contributed by atoms with Crippen molar-refractivity contribution in [2.24, 2.45) is 0 Å². The Hall–Kier alpha value is -0.220. The Balaban J connectivity index is 2.44. The zero-order valence-electron chi connectivity index (χ0n) is 9.26. The summed E-state index contributed by atoms with van der Waals surface area (Å²) in [6.07, 6.45) is 1.97. The third kappa shape index (κ3) is 4.33. The van der Waals surface area contributed by atoms with Gasteiger partial charge in [-0.15, -0.1) is 11.3 Å². The lowest BCUT2D eigenvalue weighted by atomic mass is 10.3. The van der Waals surface area contributed by atoms with E-state index in [1.165, 1.54) is 4.88 Å². The van der Waals surface area contributed by atoms with Crippen molar-refractivity contribution in [2.45, 2.75) is 38.2 Å². The number of hydrogen-bond acceptors (Lipinski definition) is 4. The molecular formula is C10H18N2S2. The maximum absolute atomic E-state index is 4.30. The quantitative estimate of drug-likeness (QED) is 0.855. The molecule has 1 aromatic rings. The summed E-state index contributed by atoms with van der Waals surface area (Å²) >= 11 is 3.72. The molecule has 80 valence electrons. The van der Waals surface area contributed by atoms with Crippen LogP contribution in [0, 0.1) is 0 Å². The van der Waals surface area contributed by atoms with Gasteiger partial charge in [-0.1, -0.05) is 20.8 Å². The van der Waals surface area contributed by atoms with Crippen LogP contribution in [-0.4, -0.2) is 16.3 Å². The summed E-state index contributed by atoms with van der Waals surface area (Å²) in [6, 6.07) is 0. The van der Waals surface area contributed by atoms with E-state index in [0.29, 0.717) is 4.75 Å². The zero-order chi connectivity index (χ0) is 10.6. The maximum Gasteiger partial charge on any atom is 0.182 e. The Morgan fingerprint density at radius 2 is 2.21 bits per heavy atom. The number of anilines is 1. The molecule has 0 fully saturated rings. The molecule has 1 rings (SSSR count). The van der Waals surface area contributed by atoms with Crippen LogP contribution in [0.25, 0.3) is 0 Å². The number of rotatable bonds is 4. The molecule has 1 N–H and O–H groups in total. The topological polar surface area (TPSA) is 24.9 Å². The summed E-state index contributed by atoms with van der Waals surface area (Å²) in [4.78, 5) is 5.65. The van der Waals surface area contributed by atoms with Crippen LogP contribution in [0.3, 0.4) is 0 Å². The van der Waals surface area contributed by atoms with E-state index in [2.05, 4.69) is 38.0 Å². The van der Waals surface area contributed by atoms with Gasteiger partial charge in [-0.05, 0) is 6.92 Å². The van der Waals surface area contributed by atoms with Gasteiger partial charge in [0.1, 0.15) is 0 Å². The molecule has 0 aromatic carbocycles. The second-order valence-electron chi connectivity index (χ2n) is 4.06. The van der Waals surface area contributed by atoms with E-state index in [4.69, 9.17) is 0 Å². The second kappa shape index (κ2) is 5.03. The van der Waals surface area contributed by atoms with E-state index in [1.807, 2.05) is 18.0 Å². The number of thioether (sulfide) groups is 1. The minimum atomic E-state index is 0.336. The number of hydrogen-bond donors (Lipinski definition) is 1. The lowest BCUT2D eigenvalue weighted by Gasteiger charge is -2.16. The van der Waals surface area contributed by atoms with E-state index in [9.17, 15) is 0 Å². The molecule has 0 amide bonds. The summed E-state index contributed by atoms with van der Waals surface area (Å²) in [5, 5.41) is 4.26. The highest BCUT2D eigenvalue weighted by molar-refractivity contribution is 7.99. The van der Waals surface area contributed by atoms with Crippen LogP contribution < -0.4 is 5.32 Å². The van der Waals surface area contributed by atoms with Crippen LogP contribution in [0.15, 0.2) is 6.20 Å². The molecule has 0 unspecified atom stereocenters. The first-order chi connectivity index (χ1) is 6.51. The van der Waals surface area contributed by atoms with Gasteiger partial charge >= 0.3 is 0 Å². The SMILES string of the molecule is CCNc1ncc(CSC(C)(C)C)s1. The first kappa shape index (κ1) is 11.9. The van der Waals surface area contributed by atoms with Crippen LogP contribution in [-0.2, 0) is 5.75 Å². The van der Waals surface area contributed by atoms with Gasteiger partial charge in [0, 0.05) is 28.1 Å². The smallest absolute Gasteiger partial charge is 0.182 e. The first-order valence-electron chi connectivity index (χ1n) is 4.84. The molecule has 1 heterocycles. The Morgan fingerprint density at radius 1 is 1.50 bits per heavy atom. The molecule has 0 bridgehead atoms. The summed E-state index contributed by atoms with van der Waals surface area (Å²) < 4.78 is 0.336. The minimum Gasteiger partial charge on any atom is -0.362 e. The van der Waals surface area contributed by atoms with E-state index < -0.39 is 0 Å². The van der Waals surface area contributed by atoms with Crippen LogP contribution in [0.5, 0.6) is 0 Å². The van der Waals surface area contributed by atoms with Crippen LogP contribution in [0.1, 0.15) is 32.6 Å². The molecule has 0 radical (unpaired) electrons. The van der Waals surface area contributed by atoms with Gasteiger partial charge in [0.2, 0.25) is 0 Å². The zero-order valence-corrected chi connectivity index (χ0v) is 10.9. The highest BCUT2D eigenvalue weighted by Gasteiger charge is 2.11. The summed E-state index contributed by atoms with van der Waals surface area (Å²) in [6.45, 7) is 9.75. The number of nitrogens with one attached hydrogen (secondary N) is 1. The summed E-state index contributed by atoms with van der Waals surface area (Å²) in [5.74, 6) is 1.06. The van der Waals surface area contributed by atoms with Crippen LogP contribution in [0.4, 0.5) is 5.13 Å². The lowest BCUT2D eigenvalue weighted by Crippen LogP contribution is -2.06. The third-order valence-corrected chi connectivity index (χ3v) is 3.99. The monoisotopic (exact) mass is 230 g/mol. The van der Waals surface area contributed by atoms with Crippen molar-refractivity contribution in [1.29, 1.82) is 0 Å². The number of thiazole rings is 1.